The fourth-order valence-corrected chi connectivity index (χ4v) is 2.51. The standard InChI is InChI=1S/C17H11BrFN3O3/c18-10-1-7-13(8-2-10)22-16(24)14(15(23)21-17(22)25)9-20-12-5-3-11(19)4-6-12/h1-9,14H,(H,21,23,25)/t14-/m1/s1. The van der Waals surface area contributed by atoms with Gasteiger partial charge in [0.1, 0.15) is 5.82 Å². The number of urea groups is 1. The summed E-state index contributed by atoms with van der Waals surface area (Å²) in [5, 5.41) is 2.13. The zero-order valence-electron chi connectivity index (χ0n) is 12.6. The first-order valence-corrected chi connectivity index (χ1v) is 7.99. The van der Waals surface area contributed by atoms with Crippen LogP contribution in [0.4, 0.5) is 20.6 Å². The summed E-state index contributed by atoms with van der Waals surface area (Å²) in [7, 11) is 0. The Hall–Kier alpha value is -2.87. The Labute approximate surface area is 150 Å². The number of carbonyl (C=O) groups excluding carboxylic acids is 3. The van der Waals surface area contributed by atoms with Crippen LogP contribution in [0.3, 0.4) is 0 Å². The van der Waals surface area contributed by atoms with Crippen molar-refractivity contribution in [1.29, 1.82) is 0 Å². The predicted molar refractivity (Wildman–Crippen MR) is 93.2 cm³/mol. The molecule has 1 atom stereocenters. The summed E-state index contributed by atoms with van der Waals surface area (Å²) < 4.78 is 13.7. The molecule has 2 aromatic rings. The topological polar surface area (TPSA) is 78.8 Å². The van der Waals surface area contributed by atoms with Gasteiger partial charge in [-0.05, 0) is 48.5 Å². The minimum absolute atomic E-state index is 0.332. The molecule has 0 saturated carbocycles. The lowest BCUT2D eigenvalue weighted by Crippen LogP contribution is -2.58. The van der Waals surface area contributed by atoms with Gasteiger partial charge in [0.2, 0.25) is 5.91 Å². The summed E-state index contributed by atoms with van der Waals surface area (Å²) >= 11 is 3.27. The first kappa shape index (κ1) is 17.0. The zero-order chi connectivity index (χ0) is 18.0. The Bertz CT molecular complexity index is 866. The van der Waals surface area contributed by atoms with E-state index in [4.69, 9.17) is 0 Å². The van der Waals surface area contributed by atoms with E-state index >= 15 is 0 Å². The molecule has 0 unspecified atom stereocenters. The van der Waals surface area contributed by atoms with Crippen molar-refractivity contribution in [2.45, 2.75) is 0 Å². The van der Waals surface area contributed by atoms with Gasteiger partial charge in [0.25, 0.3) is 5.91 Å². The van der Waals surface area contributed by atoms with E-state index in [1.807, 2.05) is 0 Å². The average molecular weight is 404 g/mol. The molecule has 0 radical (unpaired) electrons. The molecule has 1 fully saturated rings. The Morgan fingerprint density at radius 2 is 1.68 bits per heavy atom. The van der Waals surface area contributed by atoms with Crippen molar-refractivity contribution in [3.8, 4) is 0 Å². The highest BCUT2D eigenvalue weighted by molar-refractivity contribution is 9.10. The third-order valence-corrected chi connectivity index (χ3v) is 4.01. The summed E-state index contributed by atoms with van der Waals surface area (Å²) in [5.41, 5.74) is 0.715. The molecule has 3 rings (SSSR count). The summed E-state index contributed by atoms with van der Waals surface area (Å²) in [6.45, 7) is 0. The Balaban J connectivity index is 1.87. The lowest BCUT2D eigenvalue weighted by Gasteiger charge is -2.28. The fraction of sp³-hybridized carbons (Fsp3) is 0.0588. The van der Waals surface area contributed by atoms with Crippen LogP contribution in [0, 0.1) is 11.7 Å². The second-order valence-electron chi connectivity index (χ2n) is 5.18. The molecular weight excluding hydrogens is 393 g/mol. The number of nitrogens with zero attached hydrogens (tertiary/aromatic N) is 2. The molecular formula is C17H11BrFN3O3. The van der Waals surface area contributed by atoms with Gasteiger partial charge in [0.05, 0.1) is 11.4 Å². The van der Waals surface area contributed by atoms with Gasteiger partial charge in [0.15, 0.2) is 5.92 Å². The van der Waals surface area contributed by atoms with Crippen molar-refractivity contribution in [1.82, 2.24) is 5.32 Å². The summed E-state index contributed by atoms with van der Waals surface area (Å²) in [6, 6.07) is 10.9. The van der Waals surface area contributed by atoms with Crippen LogP contribution >= 0.6 is 15.9 Å². The van der Waals surface area contributed by atoms with Gasteiger partial charge in [-0.15, -0.1) is 0 Å². The SMILES string of the molecule is O=C1NC(=O)N(c2ccc(Br)cc2)C(=O)[C@@H]1C=Nc1ccc(F)cc1. The molecule has 25 heavy (non-hydrogen) atoms. The van der Waals surface area contributed by atoms with Gasteiger partial charge in [-0.25, -0.2) is 14.1 Å². The van der Waals surface area contributed by atoms with Crippen LogP contribution < -0.4 is 10.2 Å². The molecule has 1 aliphatic rings. The number of rotatable bonds is 3. The number of nitrogens with one attached hydrogen (secondary N) is 1. The van der Waals surface area contributed by atoms with Gasteiger partial charge in [0, 0.05) is 10.7 Å². The predicted octanol–water partition coefficient (Wildman–Crippen LogP) is 3.19. The van der Waals surface area contributed by atoms with Gasteiger partial charge in [-0.3, -0.25) is 19.9 Å². The van der Waals surface area contributed by atoms with Crippen LogP contribution in [-0.2, 0) is 9.59 Å². The van der Waals surface area contributed by atoms with Gasteiger partial charge >= 0.3 is 6.03 Å². The number of halogens is 2. The lowest BCUT2D eigenvalue weighted by molar-refractivity contribution is -0.131. The van der Waals surface area contributed by atoms with Crippen molar-refractivity contribution < 1.29 is 18.8 Å². The third kappa shape index (κ3) is 3.63. The molecule has 0 aromatic heterocycles. The maximum absolute atomic E-state index is 12.9. The Kier molecular flexibility index (Phi) is 4.71. The number of hydrogen-bond donors (Lipinski definition) is 1. The minimum Gasteiger partial charge on any atom is -0.276 e. The van der Waals surface area contributed by atoms with Crippen LogP contribution in [0.25, 0.3) is 0 Å². The number of hydrogen-bond acceptors (Lipinski definition) is 4. The first-order chi connectivity index (χ1) is 12.0. The summed E-state index contributed by atoms with van der Waals surface area (Å²) in [5.74, 6) is -3.14. The lowest BCUT2D eigenvalue weighted by atomic mass is 10.1. The highest BCUT2D eigenvalue weighted by Crippen LogP contribution is 2.23. The van der Waals surface area contributed by atoms with E-state index in [0.717, 1.165) is 15.6 Å². The summed E-state index contributed by atoms with van der Waals surface area (Å²) in [6.07, 6.45) is 1.14. The molecule has 4 amide bonds. The maximum atomic E-state index is 12.9. The molecule has 0 spiro atoms. The number of carbonyl (C=O) groups is 3. The molecule has 0 aliphatic carbocycles. The first-order valence-electron chi connectivity index (χ1n) is 7.20. The van der Waals surface area contributed by atoms with E-state index < -0.39 is 29.6 Å². The number of barbiturate groups is 1. The van der Waals surface area contributed by atoms with Crippen LogP contribution in [0.15, 0.2) is 58.0 Å². The van der Waals surface area contributed by atoms with Crippen LogP contribution in [0.5, 0.6) is 0 Å². The molecule has 1 aliphatic heterocycles. The molecule has 1 saturated heterocycles. The molecule has 6 nitrogen and oxygen atoms in total. The number of amides is 4. The summed E-state index contributed by atoms with van der Waals surface area (Å²) in [4.78, 5) is 41.5. The molecule has 2 aromatic carbocycles. The highest BCUT2D eigenvalue weighted by Gasteiger charge is 2.40. The van der Waals surface area contributed by atoms with Crippen LogP contribution in [0.1, 0.15) is 0 Å². The molecule has 126 valence electrons. The van der Waals surface area contributed by atoms with Gasteiger partial charge in [-0.1, -0.05) is 15.9 Å². The quantitative estimate of drug-likeness (QED) is 0.631. The molecule has 0 bridgehead atoms. The van der Waals surface area contributed by atoms with Crippen molar-refractivity contribution in [2.75, 3.05) is 4.90 Å². The van der Waals surface area contributed by atoms with Crippen LogP contribution in [-0.4, -0.2) is 24.1 Å². The van der Waals surface area contributed by atoms with E-state index in [2.05, 4.69) is 26.2 Å². The van der Waals surface area contributed by atoms with E-state index in [-0.39, 0.29) is 0 Å². The second-order valence-corrected chi connectivity index (χ2v) is 6.09. The zero-order valence-corrected chi connectivity index (χ0v) is 14.2. The van der Waals surface area contributed by atoms with Crippen LogP contribution in [0.2, 0.25) is 0 Å². The van der Waals surface area contributed by atoms with Crippen molar-refractivity contribution in [2.24, 2.45) is 10.9 Å². The van der Waals surface area contributed by atoms with E-state index in [9.17, 15) is 18.8 Å². The highest BCUT2D eigenvalue weighted by atomic mass is 79.9. The fourth-order valence-electron chi connectivity index (χ4n) is 2.24. The monoisotopic (exact) mass is 403 g/mol. The number of aliphatic imine (C=N–C) groups is 1. The largest absolute Gasteiger partial charge is 0.335 e. The normalized spacial score (nSPS) is 17.9. The van der Waals surface area contributed by atoms with E-state index in [0.29, 0.717) is 11.4 Å². The third-order valence-electron chi connectivity index (χ3n) is 3.49. The molecule has 1 N–H and O–H groups in total. The Morgan fingerprint density at radius 3 is 2.32 bits per heavy atom. The molecule has 8 heteroatoms. The van der Waals surface area contributed by atoms with Crippen molar-refractivity contribution >= 4 is 51.4 Å². The van der Waals surface area contributed by atoms with E-state index in [1.165, 1.54) is 24.3 Å². The minimum atomic E-state index is -1.26. The van der Waals surface area contributed by atoms with E-state index in [1.54, 1.807) is 24.3 Å². The number of benzene rings is 2. The van der Waals surface area contributed by atoms with Crippen molar-refractivity contribution in [3.63, 3.8) is 0 Å². The van der Waals surface area contributed by atoms with Gasteiger partial charge in [-0.2, -0.15) is 0 Å². The smallest absolute Gasteiger partial charge is 0.276 e. The average Bonchev–Trinajstić information content (AvgIpc) is 2.57. The second kappa shape index (κ2) is 6.94. The number of imide groups is 2. The molecule has 1 heterocycles. The Morgan fingerprint density at radius 1 is 1.04 bits per heavy atom. The van der Waals surface area contributed by atoms with Gasteiger partial charge < -0.3 is 0 Å². The van der Waals surface area contributed by atoms with Crippen molar-refractivity contribution in [3.05, 3.63) is 58.8 Å². The maximum Gasteiger partial charge on any atom is 0.335 e. The number of anilines is 1.